The topological polar surface area (TPSA) is 105 Å². The number of ether oxygens (including phenoxy) is 1. The Kier molecular flexibility index (Phi) is 7.73. The molecule has 1 fully saturated rings. The third kappa shape index (κ3) is 5.66. The van der Waals surface area contributed by atoms with E-state index < -0.39 is 18.0 Å². The molecule has 7 heteroatoms. The maximum atomic E-state index is 12.6. The third-order valence-electron chi connectivity index (χ3n) is 7.42. The summed E-state index contributed by atoms with van der Waals surface area (Å²) in [6.45, 7) is 4.57. The van der Waals surface area contributed by atoms with Crippen molar-refractivity contribution in [3.05, 3.63) is 59.7 Å². The standard InChI is InChI=1S/C28H34N2O5/c1-17(2)18(14-26(31)30-25-13-7-12-23(25)27(32)33)15-29-28(34)35-16-24-21-10-5-3-8-19(21)20-9-4-6-11-22(20)24/h3-6,8-11,17-18,23-25H,7,12-16H2,1-2H3,(H,29,34)(H,30,31)(H,32,33)/t18?,23-,25+/m0/s1. The van der Waals surface area contributed by atoms with Gasteiger partial charge in [0.05, 0.1) is 5.92 Å². The van der Waals surface area contributed by atoms with Crippen molar-refractivity contribution in [3.63, 3.8) is 0 Å². The number of alkyl carbamates (subject to hydrolysis) is 1. The SMILES string of the molecule is CC(C)C(CNC(=O)OCC1c2ccccc2-c2ccccc21)CC(=O)N[C@@H]1CCC[C@@H]1C(=O)O. The Labute approximate surface area is 206 Å². The van der Waals surface area contributed by atoms with Crippen molar-refractivity contribution in [2.24, 2.45) is 17.8 Å². The number of benzene rings is 2. The Morgan fingerprint density at radius 2 is 1.63 bits per heavy atom. The van der Waals surface area contributed by atoms with Crippen LogP contribution in [-0.4, -0.2) is 42.3 Å². The van der Waals surface area contributed by atoms with Crippen LogP contribution in [0.25, 0.3) is 11.1 Å². The van der Waals surface area contributed by atoms with Crippen LogP contribution in [0.1, 0.15) is 56.6 Å². The fourth-order valence-electron chi connectivity index (χ4n) is 5.34. The molecular formula is C28H34N2O5. The predicted molar refractivity (Wildman–Crippen MR) is 133 cm³/mol. The lowest BCUT2D eigenvalue weighted by molar-refractivity contribution is -0.142. The number of amides is 2. The van der Waals surface area contributed by atoms with Gasteiger partial charge in [0.25, 0.3) is 0 Å². The Bertz CT molecular complexity index is 1040. The molecule has 3 N–H and O–H groups in total. The van der Waals surface area contributed by atoms with Gasteiger partial charge in [0.1, 0.15) is 6.61 Å². The smallest absolute Gasteiger partial charge is 0.407 e. The minimum atomic E-state index is -0.856. The Morgan fingerprint density at radius 1 is 1.00 bits per heavy atom. The fourth-order valence-corrected chi connectivity index (χ4v) is 5.34. The molecule has 0 bridgehead atoms. The van der Waals surface area contributed by atoms with Gasteiger partial charge in [-0.1, -0.05) is 68.8 Å². The summed E-state index contributed by atoms with van der Waals surface area (Å²) in [6.07, 6.45) is 1.81. The first-order valence-corrected chi connectivity index (χ1v) is 12.5. The van der Waals surface area contributed by atoms with Gasteiger partial charge in [-0.25, -0.2) is 4.79 Å². The van der Waals surface area contributed by atoms with Crippen LogP contribution in [0.3, 0.4) is 0 Å². The van der Waals surface area contributed by atoms with Gasteiger partial charge in [-0.3, -0.25) is 9.59 Å². The van der Waals surface area contributed by atoms with Crippen LogP contribution < -0.4 is 10.6 Å². The van der Waals surface area contributed by atoms with E-state index in [1.807, 2.05) is 38.1 Å². The number of hydrogen-bond donors (Lipinski definition) is 3. The predicted octanol–water partition coefficient (Wildman–Crippen LogP) is 4.56. The molecule has 4 rings (SSSR count). The second kappa shape index (κ2) is 10.9. The molecule has 186 valence electrons. The van der Waals surface area contributed by atoms with E-state index in [4.69, 9.17) is 4.74 Å². The first-order chi connectivity index (χ1) is 16.8. The molecule has 2 amide bonds. The van der Waals surface area contributed by atoms with Crippen molar-refractivity contribution >= 4 is 18.0 Å². The van der Waals surface area contributed by atoms with Gasteiger partial charge in [-0.15, -0.1) is 0 Å². The summed E-state index contributed by atoms with van der Waals surface area (Å²) >= 11 is 0. The molecule has 2 aliphatic carbocycles. The number of rotatable bonds is 9. The van der Waals surface area contributed by atoms with Crippen LogP contribution in [0.5, 0.6) is 0 Å². The summed E-state index contributed by atoms with van der Waals surface area (Å²) in [4.78, 5) is 36.5. The monoisotopic (exact) mass is 478 g/mol. The van der Waals surface area contributed by atoms with Crippen LogP contribution in [0, 0.1) is 17.8 Å². The Morgan fingerprint density at radius 3 is 2.23 bits per heavy atom. The van der Waals surface area contributed by atoms with E-state index in [2.05, 4.69) is 34.9 Å². The highest BCUT2D eigenvalue weighted by Crippen LogP contribution is 2.44. The Hall–Kier alpha value is -3.35. The Balaban J connectivity index is 1.29. The number of hydrogen-bond acceptors (Lipinski definition) is 4. The average molecular weight is 479 g/mol. The highest BCUT2D eigenvalue weighted by Gasteiger charge is 2.34. The summed E-state index contributed by atoms with van der Waals surface area (Å²) < 4.78 is 5.61. The number of nitrogens with one attached hydrogen (secondary N) is 2. The maximum absolute atomic E-state index is 12.6. The first kappa shape index (κ1) is 24.8. The largest absolute Gasteiger partial charge is 0.481 e. The molecule has 7 nitrogen and oxygen atoms in total. The fraction of sp³-hybridized carbons (Fsp3) is 0.464. The first-order valence-electron chi connectivity index (χ1n) is 12.5. The molecule has 0 heterocycles. The van der Waals surface area contributed by atoms with E-state index in [1.54, 1.807) is 0 Å². The summed E-state index contributed by atoms with van der Waals surface area (Å²) in [5.74, 6) is -1.47. The van der Waals surface area contributed by atoms with Crippen molar-refractivity contribution in [2.75, 3.05) is 13.2 Å². The normalized spacial score (nSPS) is 19.6. The number of aliphatic carboxylic acids is 1. The number of carboxylic acids is 1. The van der Waals surface area contributed by atoms with Crippen LogP contribution in [0.4, 0.5) is 4.79 Å². The molecule has 0 aliphatic heterocycles. The number of fused-ring (bicyclic) bond motifs is 3. The average Bonchev–Trinajstić information content (AvgIpc) is 3.43. The van der Waals surface area contributed by atoms with E-state index in [9.17, 15) is 19.5 Å². The molecule has 1 unspecified atom stereocenters. The summed E-state index contributed by atoms with van der Waals surface area (Å²) in [6, 6.07) is 16.1. The molecule has 2 aromatic rings. The van der Waals surface area contributed by atoms with Gasteiger partial charge < -0.3 is 20.5 Å². The molecule has 0 saturated heterocycles. The molecule has 2 aromatic carbocycles. The van der Waals surface area contributed by atoms with Gasteiger partial charge in [-0.2, -0.15) is 0 Å². The van der Waals surface area contributed by atoms with Gasteiger partial charge >= 0.3 is 12.1 Å². The van der Waals surface area contributed by atoms with Gasteiger partial charge in [0.2, 0.25) is 5.91 Å². The van der Waals surface area contributed by atoms with Crippen LogP contribution >= 0.6 is 0 Å². The van der Waals surface area contributed by atoms with Crippen molar-refractivity contribution in [2.45, 2.75) is 51.5 Å². The molecule has 2 aliphatic rings. The van der Waals surface area contributed by atoms with E-state index in [1.165, 1.54) is 11.1 Å². The minimum absolute atomic E-state index is 0.00610. The zero-order valence-electron chi connectivity index (χ0n) is 20.3. The zero-order chi connectivity index (χ0) is 24.9. The van der Waals surface area contributed by atoms with E-state index in [-0.39, 0.29) is 42.7 Å². The van der Waals surface area contributed by atoms with Gasteiger partial charge in [-0.05, 0) is 46.9 Å². The van der Waals surface area contributed by atoms with E-state index >= 15 is 0 Å². The summed E-state index contributed by atoms with van der Waals surface area (Å²) in [5.41, 5.74) is 4.67. The molecule has 1 saturated carbocycles. The van der Waals surface area contributed by atoms with E-state index in [0.717, 1.165) is 17.5 Å². The third-order valence-corrected chi connectivity index (χ3v) is 7.42. The lowest BCUT2D eigenvalue weighted by Gasteiger charge is -2.23. The maximum Gasteiger partial charge on any atom is 0.407 e. The van der Waals surface area contributed by atoms with Gasteiger partial charge in [0.15, 0.2) is 0 Å². The summed E-state index contributed by atoms with van der Waals surface area (Å²) in [5, 5.41) is 15.1. The van der Waals surface area contributed by atoms with Crippen molar-refractivity contribution in [3.8, 4) is 11.1 Å². The highest BCUT2D eigenvalue weighted by molar-refractivity contribution is 5.80. The van der Waals surface area contributed by atoms with Crippen LogP contribution in [0.15, 0.2) is 48.5 Å². The van der Waals surface area contributed by atoms with E-state index in [0.29, 0.717) is 19.4 Å². The van der Waals surface area contributed by atoms with Crippen molar-refractivity contribution < 1.29 is 24.2 Å². The zero-order valence-corrected chi connectivity index (χ0v) is 20.3. The van der Waals surface area contributed by atoms with Crippen LogP contribution in [0.2, 0.25) is 0 Å². The molecule has 0 spiro atoms. The van der Waals surface area contributed by atoms with Crippen LogP contribution in [-0.2, 0) is 14.3 Å². The number of carboxylic acid groups (broad SMARTS) is 1. The lowest BCUT2D eigenvalue weighted by atomic mass is 9.91. The number of carbonyl (C=O) groups excluding carboxylic acids is 2. The molecule has 3 atom stereocenters. The second-order valence-corrected chi connectivity index (χ2v) is 9.96. The van der Waals surface area contributed by atoms with Crippen molar-refractivity contribution in [1.82, 2.24) is 10.6 Å². The lowest BCUT2D eigenvalue weighted by Crippen LogP contribution is -2.42. The van der Waals surface area contributed by atoms with Gasteiger partial charge in [0, 0.05) is 24.9 Å². The quantitative estimate of drug-likeness (QED) is 0.490. The highest BCUT2D eigenvalue weighted by atomic mass is 16.5. The second-order valence-electron chi connectivity index (χ2n) is 9.96. The molecule has 0 aromatic heterocycles. The molecule has 0 radical (unpaired) electrons. The molecule has 35 heavy (non-hydrogen) atoms. The molecular weight excluding hydrogens is 444 g/mol. The van der Waals surface area contributed by atoms with Crippen molar-refractivity contribution in [1.29, 1.82) is 0 Å². The minimum Gasteiger partial charge on any atom is -0.481 e. The number of carbonyl (C=O) groups is 3. The summed E-state index contributed by atoms with van der Waals surface area (Å²) in [7, 11) is 0.